The van der Waals surface area contributed by atoms with Gasteiger partial charge in [-0.1, -0.05) is 12.1 Å². The van der Waals surface area contributed by atoms with Crippen LogP contribution in [0.15, 0.2) is 36.2 Å². The van der Waals surface area contributed by atoms with Crippen LogP contribution in [0.3, 0.4) is 0 Å². The summed E-state index contributed by atoms with van der Waals surface area (Å²) in [6.45, 7) is 5.29. The predicted octanol–water partition coefficient (Wildman–Crippen LogP) is 2.98. The maximum atomic E-state index is 13.6. The van der Waals surface area contributed by atoms with Gasteiger partial charge in [0, 0.05) is 11.9 Å². The van der Waals surface area contributed by atoms with Crippen molar-refractivity contribution in [2.24, 2.45) is 0 Å². The molecule has 0 aliphatic carbocycles. The van der Waals surface area contributed by atoms with Crippen molar-refractivity contribution in [1.29, 1.82) is 0 Å². The molecule has 8 heteroatoms. The molecule has 24 heavy (non-hydrogen) atoms. The second kappa shape index (κ2) is 8.21. The van der Waals surface area contributed by atoms with E-state index in [9.17, 15) is 14.0 Å². The van der Waals surface area contributed by atoms with E-state index in [1.54, 1.807) is 19.1 Å². The minimum atomic E-state index is -0.725. The lowest BCUT2D eigenvalue weighted by Gasteiger charge is -2.07. The quantitative estimate of drug-likeness (QED) is 0.593. The lowest BCUT2D eigenvalue weighted by molar-refractivity contribution is -0.119. The number of thiazole rings is 1. The molecule has 0 spiro atoms. The molecule has 6 nitrogen and oxygen atoms in total. The maximum absolute atomic E-state index is 13.6. The molecular weight excluding hydrogens is 333 g/mol. The standard InChI is InChI=1S/C16H16FN3O3S/c1-3-6-18-16-20-13(9-24-16)15(22)23-8-14(21)19-12-5-4-10(2)7-11(12)17/h3-5,7,9H,1,6,8H2,2H3,(H,18,20)(H,19,21). The first-order valence-corrected chi connectivity index (χ1v) is 7.91. The summed E-state index contributed by atoms with van der Waals surface area (Å²) < 4.78 is 18.5. The van der Waals surface area contributed by atoms with Crippen molar-refractivity contribution in [2.45, 2.75) is 6.92 Å². The van der Waals surface area contributed by atoms with Crippen molar-refractivity contribution in [3.63, 3.8) is 0 Å². The summed E-state index contributed by atoms with van der Waals surface area (Å²) in [7, 11) is 0. The molecule has 1 aromatic carbocycles. The summed E-state index contributed by atoms with van der Waals surface area (Å²) in [6.07, 6.45) is 1.66. The first-order chi connectivity index (χ1) is 11.5. The number of rotatable bonds is 7. The lowest BCUT2D eigenvalue weighted by Crippen LogP contribution is -2.21. The number of anilines is 2. The van der Waals surface area contributed by atoms with Crippen LogP contribution in [0.4, 0.5) is 15.2 Å². The van der Waals surface area contributed by atoms with Gasteiger partial charge in [-0.25, -0.2) is 14.2 Å². The molecule has 0 aliphatic rings. The third-order valence-corrected chi connectivity index (χ3v) is 3.64. The first-order valence-electron chi connectivity index (χ1n) is 7.03. The summed E-state index contributed by atoms with van der Waals surface area (Å²) >= 11 is 1.24. The number of ether oxygens (including phenoxy) is 1. The smallest absolute Gasteiger partial charge is 0.358 e. The molecule has 2 rings (SSSR count). The number of carbonyl (C=O) groups excluding carboxylic acids is 2. The van der Waals surface area contributed by atoms with E-state index in [1.165, 1.54) is 28.8 Å². The Morgan fingerprint density at radius 3 is 2.96 bits per heavy atom. The Morgan fingerprint density at radius 1 is 1.46 bits per heavy atom. The van der Waals surface area contributed by atoms with Gasteiger partial charge in [-0.3, -0.25) is 4.79 Å². The average molecular weight is 349 g/mol. The number of esters is 1. The molecule has 1 aromatic heterocycles. The number of halogens is 1. The Labute approximate surface area is 142 Å². The minimum Gasteiger partial charge on any atom is -0.451 e. The van der Waals surface area contributed by atoms with Gasteiger partial charge in [0.2, 0.25) is 0 Å². The topological polar surface area (TPSA) is 80.3 Å². The predicted molar refractivity (Wildman–Crippen MR) is 90.8 cm³/mol. The van der Waals surface area contributed by atoms with Crippen molar-refractivity contribution in [3.8, 4) is 0 Å². The van der Waals surface area contributed by atoms with Crippen molar-refractivity contribution >= 4 is 34.0 Å². The highest BCUT2D eigenvalue weighted by Gasteiger charge is 2.15. The Morgan fingerprint density at radius 2 is 2.25 bits per heavy atom. The highest BCUT2D eigenvalue weighted by Crippen LogP contribution is 2.17. The van der Waals surface area contributed by atoms with Crippen LogP contribution in [0, 0.1) is 12.7 Å². The molecule has 1 amide bonds. The number of nitrogens with one attached hydrogen (secondary N) is 2. The number of aromatic nitrogens is 1. The van der Waals surface area contributed by atoms with E-state index in [1.807, 2.05) is 0 Å². The Kier molecular flexibility index (Phi) is 6.02. The van der Waals surface area contributed by atoms with E-state index in [4.69, 9.17) is 4.74 Å². The molecule has 0 fully saturated rings. The molecule has 0 unspecified atom stereocenters. The molecule has 2 aromatic rings. The average Bonchev–Trinajstić information content (AvgIpc) is 3.02. The zero-order valence-electron chi connectivity index (χ0n) is 13.0. The van der Waals surface area contributed by atoms with E-state index in [2.05, 4.69) is 22.2 Å². The highest BCUT2D eigenvalue weighted by molar-refractivity contribution is 7.13. The molecule has 0 saturated carbocycles. The monoisotopic (exact) mass is 349 g/mol. The first kappa shape index (κ1) is 17.6. The highest BCUT2D eigenvalue weighted by atomic mass is 32.1. The van der Waals surface area contributed by atoms with Gasteiger partial charge in [0.05, 0.1) is 5.69 Å². The Bertz CT molecular complexity index is 761. The second-order valence-corrected chi connectivity index (χ2v) is 5.67. The SMILES string of the molecule is C=CCNc1nc(C(=O)OCC(=O)Nc2ccc(C)cc2F)cs1. The Balaban J connectivity index is 1.85. The van der Waals surface area contributed by atoms with Crippen molar-refractivity contribution in [3.05, 3.63) is 53.3 Å². The second-order valence-electron chi connectivity index (χ2n) is 4.82. The van der Waals surface area contributed by atoms with E-state index < -0.39 is 24.3 Å². The van der Waals surface area contributed by atoms with E-state index in [0.29, 0.717) is 11.7 Å². The van der Waals surface area contributed by atoms with Crippen LogP contribution in [0.5, 0.6) is 0 Å². The molecule has 0 radical (unpaired) electrons. The van der Waals surface area contributed by atoms with Gasteiger partial charge in [-0.15, -0.1) is 17.9 Å². The third-order valence-electron chi connectivity index (χ3n) is 2.84. The van der Waals surface area contributed by atoms with E-state index in [0.717, 1.165) is 5.56 Å². The summed E-state index contributed by atoms with van der Waals surface area (Å²) in [5.41, 5.74) is 0.869. The maximum Gasteiger partial charge on any atom is 0.358 e. The van der Waals surface area contributed by atoms with Gasteiger partial charge in [0.1, 0.15) is 5.82 Å². The Hall–Kier alpha value is -2.74. The van der Waals surface area contributed by atoms with E-state index in [-0.39, 0.29) is 11.4 Å². The fourth-order valence-corrected chi connectivity index (χ4v) is 2.41. The summed E-state index contributed by atoms with van der Waals surface area (Å²) in [5, 5.41) is 7.35. The van der Waals surface area contributed by atoms with E-state index >= 15 is 0 Å². The zero-order valence-corrected chi connectivity index (χ0v) is 13.8. The fourth-order valence-electron chi connectivity index (χ4n) is 1.72. The number of amides is 1. The van der Waals surface area contributed by atoms with Crippen LogP contribution >= 0.6 is 11.3 Å². The van der Waals surface area contributed by atoms with Crippen molar-refractivity contribution < 1.29 is 18.7 Å². The number of hydrogen-bond acceptors (Lipinski definition) is 6. The zero-order chi connectivity index (χ0) is 17.5. The van der Waals surface area contributed by atoms with Gasteiger partial charge in [0.25, 0.3) is 5.91 Å². The van der Waals surface area contributed by atoms with Crippen molar-refractivity contribution in [2.75, 3.05) is 23.8 Å². The minimum absolute atomic E-state index is 0.0335. The summed E-state index contributed by atoms with van der Waals surface area (Å²) in [6, 6.07) is 4.41. The van der Waals surface area contributed by atoms with Crippen LogP contribution in [0.25, 0.3) is 0 Å². The van der Waals surface area contributed by atoms with Gasteiger partial charge in [-0.2, -0.15) is 0 Å². The molecule has 1 heterocycles. The van der Waals surface area contributed by atoms with Crippen LogP contribution in [0.1, 0.15) is 16.1 Å². The number of hydrogen-bond donors (Lipinski definition) is 2. The molecule has 126 valence electrons. The molecule has 0 bridgehead atoms. The number of nitrogens with zero attached hydrogens (tertiary/aromatic N) is 1. The van der Waals surface area contributed by atoms with Crippen LogP contribution < -0.4 is 10.6 Å². The van der Waals surface area contributed by atoms with Gasteiger partial charge in [0.15, 0.2) is 17.4 Å². The number of aryl methyl sites for hydroxylation is 1. The largest absolute Gasteiger partial charge is 0.451 e. The molecule has 0 atom stereocenters. The summed E-state index contributed by atoms with van der Waals surface area (Å²) in [4.78, 5) is 27.6. The van der Waals surface area contributed by atoms with Crippen LogP contribution in [-0.2, 0) is 9.53 Å². The molecule has 0 aliphatic heterocycles. The lowest BCUT2D eigenvalue weighted by atomic mass is 10.2. The van der Waals surface area contributed by atoms with Gasteiger partial charge < -0.3 is 15.4 Å². The molecule has 2 N–H and O–H groups in total. The van der Waals surface area contributed by atoms with Crippen LogP contribution in [0.2, 0.25) is 0 Å². The number of carbonyl (C=O) groups is 2. The third kappa shape index (κ3) is 4.88. The van der Waals surface area contributed by atoms with Gasteiger partial charge >= 0.3 is 5.97 Å². The normalized spacial score (nSPS) is 10.1. The fraction of sp³-hybridized carbons (Fsp3) is 0.188. The van der Waals surface area contributed by atoms with Crippen molar-refractivity contribution in [1.82, 2.24) is 4.98 Å². The molecular formula is C16H16FN3O3S. The van der Waals surface area contributed by atoms with Crippen LogP contribution in [-0.4, -0.2) is 30.0 Å². The molecule has 0 saturated heterocycles. The summed E-state index contributed by atoms with van der Waals surface area (Å²) in [5.74, 6) is -1.91. The van der Waals surface area contributed by atoms with Gasteiger partial charge in [-0.05, 0) is 24.6 Å². The number of benzene rings is 1.